The Morgan fingerprint density at radius 2 is 0.804 bits per heavy atom. The fourth-order valence-electron chi connectivity index (χ4n) is 7.06. The standard InChI is InChI=1S/C40H44N6/c1-39(35-10-4-22-41-35,36-11-5-23-42-36)20-18-31-14-16-33(45-31)27-29-8-3-9-30(26-29)28-34-17-15-32(46-34)19-21-40(2,37-12-6-24-43-37)38-13-7-25-44-38/h3-17,22-26,41-46H,18-21,27-28H2,1-2H3. The largest absolute Gasteiger partial charge is 0.364 e. The van der Waals surface area contributed by atoms with E-state index in [1.807, 2.05) is 24.8 Å². The molecule has 0 spiro atoms. The highest BCUT2D eigenvalue weighted by molar-refractivity contribution is 5.34. The molecule has 1 aromatic carbocycles. The molecule has 6 nitrogen and oxygen atoms in total. The fraction of sp³-hybridized carbons (Fsp3) is 0.250. The quantitative estimate of drug-likeness (QED) is 0.0713. The number of H-pyrrole nitrogens is 6. The van der Waals surface area contributed by atoms with Crippen LogP contribution in [0.5, 0.6) is 0 Å². The first-order valence-electron chi connectivity index (χ1n) is 16.4. The molecule has 0 atom stereocenters. The van der Waals surface area contributed by atoms with Crippen LogP contribution in [-0.2, 0) is 36.5 Å². The molecule has 6 aromatic heterocycles. The predicted molar refractivity (Wildman–Crippen MR) is 186 cm³/mol. The van der Waals surface area contributed by atoms with Gasteiger partial charge in [-0.15, -0.1) is 0 Å². The molecular formula is C40H44N6. The Bertz CT molecular complexity index is 1710. The normalized spacial score (nSPS) is 12.2. The highest BCUT2D eigenvalue weighted by Crippen LogP contribution is 2.36. The maximum absolute atomic E-state index is 3.71. The van der Waals surface area contributed by atoms with Crippen LogP contribution in [0.3, 0.4) is 0 Å². The summed E-state index contributed by atoms with van der Waals surface area (Å²) in [6.07, 6.45) is 13.8. The number of aromatic amines is 6. The van der Waals surface area contributed by atoms with E-state index in [4.69, 9.17) is 0 Å². The van der Waals surface area contributed by atoms with Gasteiger partial charge >= 0.3 is 0 Å². The first kappa shape index (κ1) is 29.6. The Morgan fingerprint density at radius 1 is 0.435 bits per heavy atom. The summed E-state index contributed by atoms with van der Waals surface area (Å²) >= 11 is 0. The summed E-state index contributed by atoms with van der Waals surface area (Å²) in [5.41, 5.74) is 12.4. The van der Waals surface area contributed by atoms with Crippen molar-refractivity contribution in [1.82, 2.24) is 29.9 Å². The molecule has 46 heavy (non-hydrogen) atoms. The smallest absolute Gasteiger partial charge is 0.0479 e. The zero-order valence-electron chi connectivity index (χ0n) is 26.8. The van der Waals surface area contributed by atoms with Gasteiger partial charge in [0.2, 0.25) is 0 Å². The summed E-state index contributed by atoms with van der Waals surface area (Å²) < 4.78 is 0. The monoisotopic (exact) mass is 608 g/mol. The molecule has 0 saturated carbocycles. The Labute approximate surface area is 271 Å². The lowest BCUT2D eigenvalue weighted by Gasteiger charge is -2.28. The van der Waals surface area contributed by atoms with Crippen LogP contribution in [0.15, 0.2) is 122 Å². The summed E-state index contributed by atoms with van der Waals surface area (Å²) in [5.74, 6) is 0. The molecule has 6 heteroatoms. The average molecular weight is 609 g/mol. The molecule has 6 heterocycles. The summed E-state index contributed by atoms with van der Waals surface area (Å²) in [4.78, 5) is 21.2. The van der Waals surface area contributed by atoms with E-state index in [2.05, 4.69) is 141 Å². The summed E-state index contributed by atoms with van der Waals surface area (Å²) in [5, 5.41) is 0. The fourth-order valence-corrected chi connectivity index (χ4v) is 7.06. The second kappa shape index (κ2) is 12.7. The predicted octanol–water partition coefficient (Wildman–Crippen LogP) is 8.71. The lowest BCUT2D eigenvalue weighted by molar-refractivity contribution is 0.493. The molecule has 0 fully saturated rings. The number of hydrogen-bond acceptors (Lipinski definition) is 0. The maximum Gasteiger partial charge on any atom is 0.0479 e. The first-order valence-corrected chi connectivity index (χ1v) is 16.4. The Balaban J connectivity index is 0.968. The summed E-state index contributed by atoms with van der Waals surface area (Å²) in [6.45, 7) is 4.63. The van der Waals surface area contributed by atoms with E-state index in [1.54, 1.807) is 0 Å². The number of hydrogen-bond donors (Lipinski definition) is 6. The van der Waals surface area contributed by atoms with Crippen molar-refractivity contribution in [1.29, 1.82) is 0 Å². The van der Waals surface area contributed by atoms with Gasteiger partial charge in [0.15, 0.2) is 0 Å². The van der Waals surface area contributed by atoms with Gasteiger partial charge in [-0.25, -0.2) is 0 Å². The van der Waals surface area contributed by atoms with Gasteiger partial charge in [-0.05, 0) is 123 Å². The third kappa shape index (κ3) is 6.20. The van der Waals surface area contributed by atoms with Gasteiger partial charge in [-0.2, -0.15) is 0 Å². The van der Waals surface area contributed by atoms with Crippen LogP contribution < -0.4 is 0 Å². The molecule has 0 amide bonds. The van der Waals surface area contributed by atoms with Crippen molar-refractivity contribution in [2.24, 2.45) is 0 Å². The molecular weight excluding hydrogens is 564 g/mol. The lowest BCUT2D eigenvalue weighted by Crippen LogP contribution is -2.25. The number of nitrogens with one attached hydrogen (secondary N) is 6. The van der Waals surface area contributed by atoms with Gasteiger partial charge < -0.3 is 29.9 Å². The molecule has 7 rings (SSSR count). The first-order chi connectivity index (χ1) is 22.5. The van der Waals surface area contributed by atoms with E-state index < -0.39 is 0 Å². The van der Waals surface area contributed by atoms with Crippen LogP contribution in [0.25, 0.3) is 0 Å². The van der Waals surface area contributed by atoms with Gasteiger partial charge in [-0.1, -0.05) is 24.3 Å². The Hall–Kier alpha value is -5.10. The van der Waals surface area contributed by atoms with Crippen molar-refractivity contribution in [3.63, 3.8) is 0 Å². The summed E-state index contributed by atoms with van der Waals surface area (Å²) in [7, 11) is 0. The molecule has 0 aliphatic rings. The minimum Gasteiger partial charge on any atom is -0.364 e. The van der Waals surface area contributed by atoms with Gasteiger partial charge in [0.25, 0.3) is 0 Å². The van der Waals surface area contributed by atoms with Gasteiger partial charge in [-0.3, -0.25) is 0 Å². The minimum absolute atomic E-state index is 0.103. The van der Waals surface area contributed by atoms with E-state index in [1.165, 1.54) is 56.7 Å². The van der Waals surface area contributed by atoms with Crippen molar-refractivity contribution >= 4 is 0 Å². The summed E-state index contributed by atoms with van der Waals surface area (Å²) in [6, 6.07) is 35.1. The average Bonchev–Trinajstić information content (AvgIpc) is 3.92. The number of rotatable bonds is 14. The van der Waals surface area contributed by atoms with Crippen LogP contribution in [0.1, 0.15) is 83.4 Å². The topological polar surface area (TPSA) is 94.7 Å². The third-order valence-corrected chi connectivity index (χ3v) is 9.95. The van der Waals surface area contributed by atoms with Crippen LogP contribution in [0, 0.1) is 0 Å². The molecule has 0 saturated heterocycles. The van der Waals surface area contributed by atoms with E-state index in [0.29, 0.717) is 0 Å². The molecule has 0 radical (unpaired) electrons. The number of aryl methyl sites for hydroxylation is 2. The van der Waals surface area contributed by atoms with E-state index in [9.17, 15) is 0 Å². The number of benzene rings is 1. The van der Waals surface area contributed by atoms with E-state index >= 15 is 0 Å². The molecule has 0 aliphatic heterocycles. The van der Waals surface area contributed by atoms with Crippen molar-refractivity contribution in [2.45, 2.75) is 63.2 Å². The van der Waals surface area contributed by atoms with Crippen molar-refractivity contribution in [3.8, 4) is 0 Å². The van der Waals surface area contributed by atoms with Crippen LogP contribution >= 0.6 is 0 Å². The van der Waals surface area contributed by atoms with E-state index in [-0.39, 0.29) is 10.8 Å². The molecule has 0 unspecified atom stereocenters. The molecule has 234 valence electrons. The van der Waals surface area contributed by atoms with E-state index in [0.717, 1.165) is 38.5 Å². The van der Waals surface area contributed by atoms with Crippen LogP contribution in [-0.4, -0.2) is 29.9 Å². The van der Waals surface area contributed by atoms with Gasteiger partial charge in [0.05, 0.1) is 0 Å². The SMILES string of the molecule is CC(CCc1ccc(Cc2cccc(Cc3ccc(CCC(C)(c4ccc[nH]4)c4ccc[nH]4)[nH]3)c2)[nH]1)(c1ccc[nH]1)c1ccc[nH]1. The van der Waals surface area contributed by atoms with Crippen molar-refractivity contribution in [2.75, 3.05) is 0 Å². The Morgan fingerprint density at radius 3 is 1.15 bits per heavy atom. The van der Waals surface area contributed by atoms with Crippen LogP contribution in [0.2, 0.25) is 0 Å². The highest BCUT2D eigenvalue weighted by Gasteiger charge is 2.32. The maximum atomic E-state index is 3.71. The molecule has 6 N–H and O–H groups in total. The van der Waals surface area contributed by atoms with Crippen molar-refractivity contribution < 1.29 is 0 Å². The second-order valence-corrected chi connectivity index (χ2v) is 13.2. The van der Waals surface area contributed by atoms with Crippen LogP contribution in [0.4, 0.5) is 0 Å². The third-order valence-electron chi connectivity index (χ3n) is 9.95. The zero-order chi connectivity index (χ0) is 31.4. The Kier molecular flexibility index (Phi) is 8.18. The molecule has 0 bridgehead atoms. The highest BCUT2D eigenvalue weighted by atomic mass is 14.8. The van der Waals surface area contributed by atoms with Gasteiger partial charge in [0, 0.05) is 94.0 Å². The molecule has 7 aromatic rings. The zero-order valence-corrected chi connectivity index (χ0v) is 26.8. The second-order valence-electron chi connectivity index (χ2n) is 13.2. The lowest BCUT2D eigenvalue weighted by atomic mass is 9.79. The minimum atomic E-state index is -0.103. The van der Waals surface area contributed by atoms with Gasteiger partial charge in [0.1, 0.15) is 0 Å². The number of aromatic nitrogens is 6. The molecule has 0 aliphatic carbocycles. The van der Waals surface area contributed by atoms with Crippen molar-refractivity contribution in [3.05, 3.63) is 179 Å².